The van der Waals surface area contributed by atoms with E-state index in [9.17, 15) is 13.2 Å². The minimum Gasteiger partial charge on any atom is -0.369 e. The van der Waals surface area contributed by atoms with E-state index in [1.807, 2.05) is 0 Å². The number of aromatic nitrogens is 3. The van der Waals surface area contributed by atoms with Crippen LogP contribution in [0.4, 0.5) is 30.6 Å². The SMILES string of the molecule is CC(C)CCNc1cnnc(Nc2ccc(Cl)cc2C(F)(F)F)n1. The lowest BCUT2D eigenvalue weighted by molar-refractivity contribution is -0.136. The van der Waals surface area contributed by atoms with Crippen LogP contribution in [-0.2, 0) is 6.18 Å². The van der Waals surface area contributed by atoms with Gasteiger partial charge in [-0.25, -0.2) is 0 Å². The molecule has 1 aromatic carbocycles. The zero-order valence-electron chi connectivity index (χ0n) is 13.2. The molecular weight excluding hydrogens is 343 g/mol. The summed E-state index contributed by atoms with van der Waals surface area (Å²) >= 11 is 5.65. The highest BCUT2D eigenvalue weighted by atomic mass is 35.5. The van der Waals surface area contributed by atoms with Gasteiger partial charge < -0.3 is 10.6 Å². The second-order valence-corrected chi connectivity index (χ2v) is 6.02. The summed E-state index contributed by atoms with van der Waals surface area (Å²) < 4.78 is 39.3. The van der Waals surface area contributed by atoms with Gasteiger partial charge in [-0.3, -0.25) is 0 Å². The molecular formula is C15H17ClF3N5. The average molecular weight is 360 g/mol. The Morgan fingerprint density at radius 3 is 2.67 bits per heavy atom. The first kappa shape index (κ1) is 18.3. The number of anilines is 3. The highest BCUT2D eigenvalue weighted by Gasteiger charge is 2.34. The second kappa shape index (κ2) is 7.65. The Morgan fingerprint density at radius 1 is 1.25 bits per heavy atom. The van der Waals surface area contributed by atoms with Crippen molar-refractivity contribution in [2.75, 3.05) is 17.2 Å². The molecule has 0 aliphatic rings. The smallest absolute Gasteiger partial charge is 0.369 e. The predicted molar refractivity (Wildman–Crippen MR) is 87.5 cm³/mol. The molecule has 1 aromatic heterocycles. The van der Waals surface area contributed by atoms with Gasteiger partial charge in [0.15, 0.2) is 5.82 Å². The number of rotatable bonds is 6. The molecule has 0 aliphatic carbocycles. The summed E-state index contributed by atoms with van der Waals surface area (Å²) in [7, 11) is 0. The number of alkyl halides is 3. The Balaban J connectivity index is 2.17. The maximum atomic E-state index is 13.1. The lowest BCUT2D eigenvalue weighted by atomic mass is 10.1. The van der Waals surface area contributed by atoms with Crippen LogP contribution < -0.4 is 10.6 Å². The van der Waals surface area contributed by atoms with Gasteiger partial charge >= 0.3 is 6.18 Å². The number of nitrogens with zero attached hydrogens (tertiary/aromatic N) is 3. The van der Waals surface area contributed by atoms with Crippen molar-refractivity contribution < 1.29 is 13.2 Å². The quantitative estimate of drug-likeness (QED) is 0.779. The number of halogens is 4. The number of hydrogen-bond donors (Lipinski definition) is 2. The molecule has 9 heteroatoms. The van der Waals surface area contributed by atoms with Crippen LogP contribution in [0.3, 0.4) is 0 Å². The number of hydrogen-bond acceptors (Lipinski definition) is 5. The zero-order chi connectivity index (χ0) is 17.7. The van der Waals surface area contributed by atoms with E-state index in [4.69, 9.17) is 11.6 Å². The Bertz CT molecular complexity index is 691. The molecule has 0 spiro atoms. The molecule has 130 valence electrons. The van der Waals surface area contributed by atoms with Crippen LogP contribution in [0.2, 0.25) is 5.02 Å². The van der Waals surface area contributed by atoms with Crippen molar-refractivity contribution in [3.05, 3.63) is 35.0 Å². The first-order valence-electron chi connectivity index (χ1n) is 7.33. The van der Waals surface area contributed by atoms with Crippen LogP contribution in [0.1, 0.15) is 25.8 Å². The summed E-state index contributed by atoms with van der Waals surface area (Å²) in [5.74, 6) is 0.932. The Hall–Kier alpha value is -2.09. The fraction of sp³-hybridized carbons (Fsp3) is 0.400. The molecule has 0 aliphatic heterocycles. The van der Waals surface area contributed by atoms with E-state index in [1.54, 1.807) is 0 Å². The van der Waals surface area contributed by atoms with Gasteiger partial charge in [0.25, 0.3) is 0 Å². The van der Waals surface area contributed by atoms with Crippen molar-refractivity contribution in [1.82, 2.24) is 15.2 Å². The molecule has 2 aromatic rings. The van der Waals surface area contributed by atoms with Gasteiger partial charge in [0.05, 0.1) is 17.4 Å². The lowest BCUT2D eigenvalue weighted by Crippen LogP contribution is -2.11. The molecule has 2 N–H and O–H groups in total. The van der Waals surface area contributed by atoms with Crippen LogP contribution in [0, 0.1) is 5.92 Å². The van der Waals surface area contributed by atoms with Crippen molar-refractivity contribution >= 4 is 29.1 Å². The predicted octanol–water partition coefficient (Wildman–Crippen LogP) is 4.75. The van der Waals surface area contributed by atoms with E-state index in [2.05, 4.69) is 39.7 Å². The molecule has 0 saturated carbocycles. The van der Waals surface area contributed by atoms with Crippen molar-refractivity contribution in [3.8, 4) is 0 Å². The average Bonchev–Trinajstić information content (AvgIpc) is 2.48. The second-order valence-electron chi connectivity index (χ2n) is 5.59. The molecule has 0 amide bonds. The Kier molecular flexibility index (Phi) is 5.82. The highest BCUT2D eigenvalue weighted by Crippen LogP contribution is 2.37. The summed E-state index contributed by atoms with van der Waals surface area (Å²) in [4.78, 5) is 4.11. The number of benzene rings is 1. The summed E-state index contributed by atoms with van der Waals surface area (Å²) in [6.07, 6.45) is -2.20. The molecule has 1 heterocycles. The van der Waals surface area contributed by atoms with Crippen molar-refractivity contribution in [1.29, 1.82) is 0 Å². The highest BCUT2D eigenvalue weighted by molar-refractivity contribution is 6.30. The molecule has 0 bridgehead atoms. The topological polar surface area (TPSA) is 62.7 Å². The lowest BCUT2D eigenvalue weighted by Gasteiger charge is -2.14. The molecule has 0 radical (unpaired) electrons. The Morgan fingerprint density at radius 2 is 2.00 bits per heavy atom. The molecule has 0 atom stereocenters. The van der Waals surface area contributed by atoms with Gasteiger partial charge in [0.1, 0.15) is 0 Å². The third kappa shape index (κ3) is 5.23. The van der Waals surface area contributed by atoms with Crippen molar-refractivity contribution in [2.24, 2.45) is 5.92 Å². The van der Waals surface area contributed by atoms with Crippen LogP contribution in [-0.4, -0.2) is 21.7 Å². The molecule has 0 unspecified atom stereocenters. The van der Waals surface area contributed by atoms with Crippen molar-refractivity contribution in [2.45, 2.75) is 26.4 Å². The van der Waals surface area contributed by atoms with Crippen LogP contribution in [0.15, 0.2) is 24.4 Å². The minimum atomic E-state index is -4.55. The van der Waals surface area contributed by atoms with Crippen LogP contribution in [0.25, 0.3) is 0 Å². The molecule has 0 saturated heterocycles. The maximum Gasteiger partial charge on any atom is 0.418 e. The van der Waals surface area contributed by atoms with Gasteiger partial charge in [-0.05, 0) is 30.5 Å². The van der Waals surface area contributed by atoms with Gasteiger partial charge in [-0.1, -0.05) is 25.4 Å². The number of nitrogens with one attached hydrogen (secondary N) is 2. The van der Waals surface area contributed by atoms with E-state index >= 15 is 0 Å². The van der Waals surface area contributed by atoms with Gasteiger partial charge in [-0.2, -0.15) is 23.3 Å². The summed E-state index contributed by atoms with van der Waals surface area (Å²) in [5.41, 5.74) is -1.08. The van der Waals surface area contributed by atoms with Gasteiger partial charge in [0, 0.05) is 11.6 Å². The van der Waals surface area contributed by atoms with Crippen LogP contribution in [0.5, 0.6) is 0 Å². The molecule has 2 rings (SSSR count). The first-order chi connectivity index (χ1) is 11.3. The van der Waals surface area contributed by atoms with Crippen molar-refractivity contribution in [3.63, 3.8) is 0 Å². The maximum absolute atomic E-state index is 13.1. The van der Waals surface area contributed by atoms with E-state index in [0.717, 1.165) is 12.5 Å². The van der Waals surface area contributed by atoms with Gasteiger partial charge in [-0.15, -0.1) is 5.10 Å². The molecule has 24 heavy (non-hydrogen) atoms. The zero-order valence-corrected chi connectivity index (χ0v) is 13.9. The Labute approximate surface area is 142 Å². The summed E-state index contributed by atoms with van der Waals surface area (Å²) in [6.45, 7) is 4.86. The van der Waals surface area contributed by atoms with E-state index in [-0.39, 0.29) is 16.7 Å². The monoisotopic (exact) mass is 359 g/mol. The minimum absolute atomic E-state index is 0.00368. The van der Waals surface area contributed by atoms with Crippen LogP contribution >= 0.6 is 11.6 Å². The normalized spacial score (nSPS) is 11.6. The van der Waals surface area contributed by atoms with E-state index in [1.165, 1.54) is 18.3 Å². The fourth-order valence-corrected chi connectivity index (χ4v) is 2.08. The third-order valence-corrected chi connectivity index (χ3v) is 3.36. The van der Waals surface area contributed by atoms with E-state index < -0.39 is 11.7 Å². The standard InChI is InChI=1S/C15H17ClF3N5/c1-9(2)5-6-20-13-8-21-24-14(23-13)22-12-4-3-10(16)7-11(12)15(17,18)19/h3-4,7-9H,5-6H2,1-2H3,(H2,20,22,23,24). The summed E-state index contributed by atoms with van der Waals surface area (Å²) in [6, 6.07) is 3.44. The summed E-state index contributed by atoms with van der Waals surface area (Å²) in [5, 5.41) is 13.1. The van der Waals surface area contributed by atoms with Gasteiger partial charge in [0.2, 0.25) is 5.95 Å². The fourth-order valence-electron chi connectivity index (χ4n) is 1.91. The molecule has 5 nitrogen and oxygen atoms in total. The first-order valence-corrected chi connectivity index (χ1v) is 7.71. The third-order valence-electron chi connectivity index (χ3n) is 3.12. The molecule has 0 fully saturated rings. The largest absolute Gasteiger partial charge is 0.418 e. The van der Waals surface area contributed by atoms with E-state index in [0.29, 0.717) is 18.3 Å².